The molecule has 0 aromatic carbocycles. The third-order valence-electron chi connectivity index (χ3n) is 3.54. The molecular formula is C11H20N2S. The van der Waals surface area contributed by atoms with E-state index >= 15 is 0 Å². The Kier molecular flexibility index (Phi) is 2.96. The molecule has 1 saturated carbocycles. The second kappa shape index (κ2) is 4.05. The van der Waals surface area contributed by atoms with Crippen LogP contribution in [0.3, 0.4) is 0 Å². The zero-order chi connectivity index (χ0) is 10.1. The summed E-state index contributed by atoms with van der Waals surface area (Å²) in [6.45, 7) is 5.77. The van der Waals surface area contributed by atoms with E-state index in [4.69, 9.17) is 12.2 Å². The molecule has 2 nitrogen and oxygen atoms in total. The summed E-state index contributed by atoms with van der Waals surface area (Å²) >= 11 is 5.44. The Morgan fingerprint density at radius 3 is 2.64 bits per heavy atom. The predicted octanol–water partition coefficient (Wildman–Crippen LogP) is 2.14. The zero-order valence-electron chi connectivity index (χ0n) is 9.12. The van der Waals surface area contributed by atoms with Crippen LogP contribution in [0.25, 0.3) is 0 Å². The van der Waals surface area contributed by atoms with Gasteiger partial charge in [-0.05, 0) is 50.7 Å². The van der Waals surface area contributed by atoms with Gasteiger partial charge in [-0.1, -0.05) is 6.92 Å². The van der Waals surface area contributed by atoms with Gasteiger partial charge in [0.05, 0.1) is 0 Å². The molecule has 2 aliphatic rings. The van der Waals surface area contributed by atoms with Crippen LogP contribution in [0.15, 0.2) is 0 Å². The van der Waals surface area contributed by atoms with Crippen molar-refractivity contribution >= 4 is 17.3 Å². The van der Waals surface area contributed by atoms with Gasteiger partial charge in [-0.15, -0.1) is 0 Å². The van der Waals surface area contributed by atoms with E-state index in [2.05, 4.69) is 24.1 Å². The second-order valence-electron chi connectivity index (χ2n) is 4.78. The fourth-order valence-corrected chi connectivity index (χ4v) is 2.53. The minimum atomic E-state index is 0.613. The molecule has 0 radical (unpaired) electrons. The first-order valence-electron chi connectivity index (χ1n) is 5.75. The second-order valence-corrected chi connectivity index (χ2v) is 5.16. The third kappa shape index (κ3) is 2.19. The van der Waals surface area contributed by atoms with E-state index in [1.165, 1.54) is 25.7 Å². The smallest absolute Gasteiger partial charge is 0.169 e. The molecule has 0 aromatic rings. The molecule has 1 heterocycles. The summed E-state index contributed by atoms with van der Waals surface area (Å²) in [6, 6.07) is 1.30. The monoisotopic (exact) mass is 212 g/mol. The van der Waals surface area contributed by atoms with Gasteiger partial charge in [-0.3, -0.25) is 0 Å². The van der Waals surface area contributed by atoms with Crippen LogP contribution in [0.1, 0.15) is 39.5 Å². The normalized spacial score (nSPS) is 32.9. The van der Waals surface area contributed by atoms with Gasteiger partial charge in [-0.2, -0.15) is 0 Å². The van der Waals surface area contributed by atoms with E-state index in [1.807, 2.05) is 0 Å². The topological polar surface area (TPSA) is 15.3 Å². The maximum absolute atomic E-state index is 5.44. The summed E-state index contributed by atoms with van der Waals surface area (Å²) in [5, 5.41) is 4.42. The van der Waals surface area contributed by atoms with Crippen molar-refractivity contribution < 1.29 is 0 Å². The standard InChI is InChI=1S/C11H20N2S/c1-8-4-3-7-13(9(8)2)11(14)12-10-5-6-10/h8-10H,3-7H2,1-2H3,(H,12,14). The summed E-state index contributed by atoms with van der Waals surface area (Å²) in [6.07, 6.45) is 5.25. The Morgan fingerprint density at radius 1 is 1.29 bits per heavy atom. The fraction of sp³-hybridized carbons (Fsp3) is 0.909. The molecule has 0 bridgehead atoms. The minimum Gasteiger partial charge on any atom is -0.360 e. The van der Waals surface area contributed by atoms with Crippen molar-refractivity contribution in [1.82, 2.24) is 10.2 Å². The van der Waals surface area contributed by atoms with Crippen LogP contribution in [0.2, 0.25) is 0 Å². The number of hydrogen-bond acceptors (Lipinski definition) is 1. The average Bonchev–Trinajstić information content (AvgIpc) is 2.93. The highest BCUT2D eigenvalue weighted by atomic mass is 32.1. The molecule has 0 amide bonds. The number of likely N-dealkylation sites (tertiary alicyclic amines) is 1. The van der Waals surface area contributed by atoms with E-state index in [1.54, 1.807) is 0 Å². The summed E-state index contributed by atoms with van der Waals surface area (Å²) in [4.78, 5) is 2.38. The largest absolute Gasteiger partial charge is 0.360 e. The van der Waals surface area contributed by atoms with E-state index in [-0.39, 0.29) is 0 Å². The van der Waals surface area contributed by atoms with Gasteiger partial charge >= 0.3 is 0 Å². The molecule has 0 spiro atoms. The van der Waals surface area contributed by atoms with Gasteiger partial charge in [0.25, 0.3) is 0 Å². The van der Waals surface area contributed by atoms with E-state index in [0.29, 0.717) is 12.1 Å². The van der Waals surface area contributed by atoms with Crippen molar-refractivity contribution in [3.8, 4) is 0 Å². The summed E-state index contributed by atoms with van der Waals surface area (Å²) in [5.41, 5.74) is 0. The van der Waals surface area contributed by atoms with E-state index in [9.17, 15) is 0 Å². The Balaban J connectivity index is 1.90. The predicted molar refractivity (Wildman–Crippen MR) is 63.3 cm³/mol. The quantitative estimate of drug-likeness (QED) is 0.670. The average molecular weight is 212 g/mol. The van der Waals surface area contributed by atoms with Gasteiger partial charge in [0.1, 0.15) is 0 Å². The fourth-order valence-electron chi connectivity index (χ4n) is 2.11. The lowest BCUT2D eigenvalue weighted by atomic mass is 9.92. The third-order valence-corrected chi connectivity index (χ3v) is 3.89. The van der Waals surface area contributed by atoms with E-state index < -0.39 is 0 Å². The molecule has 14 heavy (non-hydrogen) atoms. The highest BCUT2D eigenvalue weighted by Crippen LogP contribution is 2.24. The van der Waals surface area contributed by atoms with Crippen molar-refractivity contribution in [1.29, 1.82) is 0 Å². The molecule has 2 atom stereocenters. The van der Waals surface area contributed by atoms with Crippen molar-refractivity contribution in [3.05, 3.63) is 0 Å². The molecule has 0 aromatic heterocycles. The molecule has 3 heteroatoms. The lowest BCUT2D eigenvalue weighted by Crippen LogP contribution is -2.50. The van der Waals surface area contributed by atoms with Gasteiger partial charge in [0, 0.05) is 18.6 Å². The highest BCUT2D eigenvalue weighted by Gasteiger charge is 2.29. The molecule has 1 aliphatic heterocycles. The molecular weight excluding hydrogens is 192 g/mol. The Morgan fingerprint density at radius 2 is 2.00 bits per heavy atom. The number of thiocarbonyl (C=S) groups is 1. The van der Waals surface area contributed by atoms with Gasteiger partial charge in [-0.25, -0.2) is 0 Å². The summed E-state index contributed by atoms with van der Waals surface area (Å²) < 4.78 is 0. The lowest BCUT2D eigenvalue weighted by molar-refractivity contribution is 0.189. The van der Waals surface area contributed by atoms with Crippen molar-refractivity contribution in [2.24, 2.45) is 5.92 Å². The minimum absolute atomic E-state index is 0.613. The number of hydrogen-bond donors (Lipinski definition) is 1. The molecule has 80 valence electrons. The molecule has 1 aliphatic carbocycles. The van der Waals surface area contributed by atoms with Crippen LogP contribution in [0.5, 0.6) is 0 Å². The van der Waals surface area contributed by atoms with Gasteiger partial charge in [0.2, 0.25) is 0 Å². The maximum atomic E-state index is 5.44. The van der Waals surface area contributed by atoms with Crippen LogP contribution in [-0.2, 0) is 0 Å². The molecule has 2 unspecified atom stereocenters. The number of piperidine rings is 1. The molecule has 1 saturated heterocycles. The first-order chi connectivity index (χ1) is 6.68. The summed E-state index contributed by atoms with van der Waals surface area (Å²) in [7, 11) is 0. The Bertz CT molecular complexity index is 225. The number of rotatable bonds is 1. The Hall–Kier alpha value is -0.310. The lowest BCUT2D eigenvalue weighted by Gasteiger charge is -2.39. The first kappa shape index (κ1) is 10.2. The zero-order valence-corrected chi connectivity index (χ0v) is 9.94. The Labute approximate surface area is 92.0 Å². The molecule has 2 rings (SSSR count). The van der Waals surface area contributed by atoms with E-state index in [0.717, 1.165) is 17.6 Å². The first-order valence-corrected chi connectivity index (χ1v) is 6.16. The van der Waals surface area contributed by atoms with Crippen LogP contribution in [-0.4, -0.2) is 28.6 Å². The van der Waals surface area contributed by atoms with Crippen molar-refractivity contribution in [3.63, 3.8) is 0 Å². The maximum Gasteiger partial charge on any atom is 0.169 e. The molecule has 1 N–H and O–H groups in total. The SMILES string of the molecule is CC1CCCN(C(=S)NC2CC2)C1C. The summed E-state index contributed by atoms with van der Waals surface area (Å²) in [5.74, 6) is 0.780. The van der Waals surface area contributed by atoms with Crippen LogP contribution in [0.4, 0.5) is 0 Å². The van der Waals surface area contributed by atoms with Crippen LogP contribution in [0, 0.1) is 5.92 Å². The number of nitrogens with zero attached hydrogens (tertiary/aromatic N) is 1. The van der Waals surface area contributed by atoms with Gasteiger partial charge < -0.3 is 10.2 Å². The highest BCUT2D eigenvalue weighted by molar-refractivity contribution is 7.80. The van der Waals surface area contributed by atoms with Gasteiger partial charge in [0.15, 0.2) is 5.11 Å². The molecule has 2 fully saturated rings. The number of nitrogens with one attached hydrogen (secondary N) is 1. The van der Waals surface area contributed by atoms with Crippen molar-refractivity contribution in [2.75, 3.05) is 6.54 Å². The van der Waals surface area contributed by atoms with Crippen molar-refractivity contribution in [2.45, 2.75) is 51.6 Å². The van der Waals surface area contributed by atoms with Crippen LogP contribution < -0.4 is 5.32 Å². The van der Waals surface area contributed by atoms with Crippen LogP contribution >= 0.6 is 12.2 Å².